The van der Waals surface area contributed by atoms with Gasteiger partial charge in [-0.25, -0.2) is 0 Å². The van der Waals surface area contributed by atoms with E-state index in [4.69, 9.17) is 23.2 Å². The molecule has 0 saturated carbocycles. The van der Waals surface area contributed by atoms with Crippen molar-refractivity contribution in [2.75, 3.05) is 11.9 Å². The monoisotopic (exact) mass is 332 g/mol. The van der Waals surface area contributed by atoms with Gasteiger partial charge in [0.15, 0.2) is 0 Å². The van der Waals surface area contributed by atoms with Crippen LogP contribution >= 0.6 is 23.2 Å². The molecule has 0 aromatic heterocycles. The van der Waals surface area contributed by atoms with E-state index in [9.17, 15) is 14.7 Å². The van der Waals surface area contributed by atoms with Crippen LogP contribution in [0, 0.1) is 5.92 Å². The van der Waals surface area contributed by atoms with Crippen LogP contribution in [-0.2, 0) is 9.59 Å². The number of benzene rings is 1. The molecule has 116 valence electrons. The molecule has 0 saturated heterocycles. The summed E-state index contributed by atoms with van der Waals surface area (Å²) in [4.78, 5) is 23.3. The van der Waals surface area contributed by atoms with Crippen molar-refractivity contribution in [1.82, 2.24) is 5.32 Å². The minimum Gasteiger partial charge on any atom is -0.391 e. The molecule has 0 bridgehead atoms. The van der Waals surface area contributed by atoms with Crippen molar-refractivity contribution in [3.05, 3.63) is 28.2 Å². The Hall–Kier alpha value is -1.30. The number of carbonyl (C=O) groups is 2. The van der Waals surface area contributed by atoms with Gasteiger partial charge in [0.25, 0.3) is 0 Å². The maximum atomic E-state index is 11.7. The van der Waals surface area contributed by atoms with Gasteiger partial charge < -0.3 is 15.7 Å². The SMILES string of the molecule is CC(C)CC(O)CNC(=O)C(=O)Nc1cccc(Cl)c1Cl. The molecule has 0 aliphatic carbocycles. The summed E-state index contributed by atoms with van der Waals surface area (Å²) in [5.74, 6) is -1.40. The standard InChI is InChI=1S/C14H18Cl2N2O3/c1-8(2)6-9(19)7-17-13(20)14(21)18-11-5-3-4-10(15)12(11)16/h3-5,8-9,19H,6-7H2,1-2H3,(H,17,20)(H,18,21). The van der Waals surface area contributed by atoms with Crippen LogP contribution in [-0.4, -0.2) is 29.6 Å². The number of nitrogens with one attached hydrogen (secondary N) is 2. The average Bonchev–Trinajstić information content (AvgIpc) is 2.40. The van der Waals surface area contributed by atoms with E-state index < -0.39 is 17.9 Å². The zero-order valence-corrected chi connectivity index (χ0v) is 13.3. The molecule has 1 aromatic carbocycles. The first-order valence-corrected chi connectivity index (χ1v) is 7.28. The Morgan fingerprint density at radius 2 is 1.90 bits per heavy atom. The van der Waals surface area contributed by atoms with Crippen LogP contribution in [0.1, 0.15) is 20.3 Å². The minimum atomic E-state index is -0.865. The molecule has 1 rings (SSSR count). The van der Waals surface area contributed by atoms with Gasteiger partial charge in [0.05, 0.1) is 21.8 Å². The Bertz CT molecular complexity index is 521. The molecule has 1 atom stereocenters. The minimum absolute atomic E-state index is 0.0215. The van der Waals surface area contributed by atoms with E-state index in [1.807, 2.05) is 13.8 Å². The summed E-state index contributed by atoms with van der Waals surface area (Å²) in [6.07, 6.45) is -0.140. The van der Waals surface area contributed by atoms with E-state index in [0.717, 1.165) is 0 Å². The zero-order valence-electron chi connectivity index (χ0n) is 11.8. The fraction of sp³-hybridized carbons (Fsp3) is 0.429. The number of amides is 2. The summed E-state index contributed by atoms with van der Waals surface area (Å²) < 4.78 is 0. The Balaban J connectivity index is 2.52. The lowest BCUT2D eigenvalue weighted by Gasteiger charge is -2.14. The number of carbonyl (C=O) groups excluding carboxylic acids is 2. The smallest absolute Gasteiger partial charge is 0.313 e. The van der Waals surface area contributed by atoms with E-state index in [2.05, 4.69) is 10.6 Å². The van der Waals surface area contributed by atoms with Crippen molar-refractivity contribution in [2.24, 2.45) is 5.92 Å². The van der Waals surface area contributed by atoms with Crippen molar-refractivity contribution >= 4 is 40.7 Å². The largest absolute Gasteiger partial charge is 0.391 e. The molecule has 0 aliphatic rings. The van der Waals surface area contributed by atoms with E-state index in [1.165, 1.54) is 6.07 Å². The summed E-state index contributed by atoms with van der Waals surface area (Å²) in [7, 11) is 0. The molecule has 0 aliphatic heterocycles. The summed E-state index contributed by atoms with van der Waals surface area (Å²) >= 11 is 11.7. The van der Waals surface area contributed by atoms with Crippen LogP contribution in [0.5, 0.6) is 0 Å². The number of aliphatic hydroxyl groups excluding tert-OH is 1. The Morgan fingerprint density at radius 1 is 1.24 bits per heavy atom. The van der Waals surface area contributed by atoms with Crippen LogP contribution in [0.15, 0.2) is 18.2 Å². The number of rotatable bonds is 5. The second-order valence-electron chi connectivity index (χ2n) is 5.05. The van der Waals surface area contributed by atoms with Crippen molar-refractivity contribution in [3.63, 3.8) is 0 Å². The van der Waals surface area contributed by atoms with Crippen molar-refractivity contribution in [3.8, 4) is 0 Å². The Kier molecular flexibility index (Phi) is 6.95. The van der Waals surface area contributed by atoms with Gasteiger partial charge >= 0.3 is 11.8 Å². The third kappa shape index (κ3) is 5.91. The lowest BCUT2D eigenvalue weighted by Crippen LogP contribution is -2.39. The molecule has 21 heavy (non-hydrogen) atoms. The number of anilines is 1. The van der Waals surface area contributed by atoms with Crippen LogP contribution < -0.4 is 10.6 Å². The highest BCUT2D eigenvalue weighted by Gasteiger charge is 2.17. The average molecular weight is 333 g/mol. The molecular formula is C14H18Cl2N2O3. The van der Waals surface area contributed by atoms with Crippen molar-refractivity contribution < 1.29 is 14.7 Å². The van der Waals surface area contributed by atoms with Crippen LogP contribution in [0.2, 0.25) is 10.0 Å². The lowest BCUT2D eigenvalue weighted by atomic mass is 10.1. The molecule has 5 nitrogen and oxygen atoms in total. The number of hydrogen-bond acceptors (Lipinski definition) is 3. The second kappa shape index (κ2) is 8.22. The van der Waals surface area contributed by atoms with Gasteiger partial charge in [-0.05, 0) is 24.5 Å². The first-order valence-electron chi connectivity index (χ1n) is 6.52. The van der Waals surface area contributed by atoms with Crippen LogP contribution in [0.3, 0.4) is 0 Å². The summed E-state index contributed by atoms with van der Waals surface area (Å²) in [5, 5.41) is 14.8. The number of hydrogen-bond donors (Lipinski definition) is 3. The zero-order chi connectivity index (χ0) is 16.0. The molecule has 0 fully saturated rings. The van der Waals surface area contributed by atoms with Crippen LogP contribution in [0.4, 0.5) is 5.69 Å². The maximum Gasteiger partial charge on any atom is 0.313 e. The second-order valence-corrected chi connectivity index (χ2v) is 5.83. The molecule has 0 radical (unpaired) electrons. The molecule has 0 heterocycles. The van der Waals surface area contributed by atoms with E-state index in [1.54, 1.807) is 12.1 Å². The number of aliphatic hydroxyl groups is 1. The molecule has 0 spiro atoms. The van der Waals surface area contributed by atoms with Gasteiger partial charge in [0.1, 0.15) is 0 Å². The predicted octanol–water partition coefficient (Wildman–Crippen LogP) is 2.46. The van der Waals surface area contributed by atoms with Gasteiger partial charge in [-0.3, -0.25) is 9.59 Å². The third-order valence-electron chi connectivity index (χ3n) is 2.65. The van der Waals surface area contributed by atoms with Gasteiger partial charge in [0.2, 0.25) is 0 Å². The first kappa shape index (κ1) is 17.8. The predicted molar refractivity (Wildman–Crippen MR) is 83.6 cm³/mol. The summed E-state index contributed by atoms with van der Waals surface area (Å²) in [6, 6.07) is 4.71. The fourth-order valence-electron chi connectivity index (χ4n) is 1.70. The van der Waals surface area contributed by atoms with E-state index >= 15 is 0 Å². The van der Waals surface area contributed by atoms with Crippen LogP contribution in [0.25, 0.3) is 0 Å². The van der Waals surface area contributed by atoms with Crippen molar-refractivity contribution in [1.29, 1.82) is 0 Å². The normalized spacial score (nSPS) is 12.1. The molecule has 7 heteroatoms. The highest BCUT2D eigenvalue weighted by atomic mass is 35.5. The fourth-order valence-corrected chi connectivity index (χ4v) is 2.05. The van der Waals surface area contributed by atoms with Gasteiger partial charge in [-0.15, -0.1) is 0 Å². The van der Waals surface area contributed by atoms with Crippen molar-refractivity contribution in [2.45, 2.75) is 26.4 Å². The highest BCUT2D eigenvalue weighted by Crippen LogP contribution is 2.29. The topological polar surface area (TPSA) is 78.4 Å². The molecule has 3 N–H and O–H groups in total. The van der Waals surface area contributed by atoms with E-state index in [-0.39, 0.29) is 22.3 Å². The molecule has 1 unspecified atom stereocenters. The molecule has 1 aromatic rings. The van der Waals surface area contributed by atoms with Gasteiger partial charge in [0, 0.05) is 6.54 Å². The quantitative estimate of drug-likeness (QED) is 0.724. The van der Waals surface area contributed by atoms with Gasteiger partial charge in [-0.1, -0.05) is 43.1 Å². The third-order valence-corrected chi connectivity index (χ3v) is 3.47. The van der Waals surface area contributed by atoms with E-state index in [0.29, 0.717) is 12.3 Å². The first-order chi connectivity index (χ1) is 9.81. The Labute approximate surface area is 133 Å². The maximum absolute atomic E-state index is 11.7. The Morgan fingerprint density at radius 3 is 2.52 bits per heavy atom. The summed E-state index contributed by atoms with van der Waals surface area (Å²) in [6.45, 7) is 3.94. The lowest BCUT2D eigenvalue weighted by molar-refractivity contribution is -0.136. The molecular weight excluding hydrogens is 315 g/mol. The van der Waals surface area contributed by atoms with Gasteiger partial charge in [-0.2, -0.15) is 0 Å². The molecule has 2 amide bonds. The highest BCUT2D eigenvalue weighted by molar-refractivity contribution is 6.45. The number of halogens is 2. The summed E-state index contributed by atoms with van der Waals surface area (Å²) in [5.41, 5.74) is 0.257.